The summed E-state index contributed by atoms with van der Waals surface area (Å²) in [4.78, 5) is 12.1. The molecule has 1 unspecified atom stereocenters. The fraction of sp³-hybridized carbons (Fsp3) is 0.562. The van der Waals surface area contributed by atoms with E-state index >= 15 is 0 Å². The maximum absolute atomic E-state index is 12.1. The van der Waals surface area contributed by atoms with Crippen molar-refractivity contribution in [2.45, 2.75) is 52.1 Å². The number of carbonyl (C=O) groups excluding carboxylic acids is 1. The van der Waals surface area contributed by atoms with E-state index < -0.39 is 0 Å². The molecule has 112 valence electrons. The van der Waals surface area contributed by atoms with Gasteiger partial charge >= 0.3 is 5.97 Å². The molecule has 0 aromatic heterocycles. The zero-order valence-corrected chi connectivity index (χ0v) is 12.6. The quantitative estimate of drug-likeness (QED) is 0.447. The number of nitrogen functional groups attached to an aromatic ring is 1. The first-order valence-corrected chi connectivity index (χ1v) is 7.23. The van der Waals surface area contributed by atoms with Gasteiger partial charge in [-0.05, 0) is 31.9 Å². The maximum Gasteiger partial charge on any atom is 0.340 e. The molecule has 0 fully saturated rings. The number of carbonyl (C=O) groups is 1. The molecule has 1 aromatic carbocycles. The van der Waals surface area contributed by atoms with E-state index in [1.807, 2.05) is 6.92 Å². The zero-order chi connectivity index (χ0) is 15.0. The standard InChI is InChI=1S/C16H25NO3/c1-4-5-6-7-9-12(2)20-16(18)13-10-8-11-14(19-3)15(13)17/h8,10-12H,4-7,9,17H2,1-3H3. The molecule has 0 aliphatic rings. The summed E-state index contributed by atoms with van der Waals surface area (Å²) in [6, 6.07) is 5.11. The highest BCUT2D eigenvalue weighted by atomic mass is 16.5. The van der Waals surface area contributed by atoms with E-state index in [0.29, 0.717) is 17.0 Å². The van der Waals surface area contributed by atoms with E-state index in [9.17, 15) is 4.79 Å². The lowest BCUT2D eigenvalue weighted by Crippen LogP contribution is -2.16. The summed E-state index contributed by atoms with van der Waals surface area (Å²) in [7, 11) is 1.52. The van der Waals surface area contributed by atoms with Gasteiger partial charge < -0.3 is 15.2 Å². The molecule has 0 heterocycles. The molecule has 4 heteroatoms. The molecule has 0 aliphatic carbocycles. The van der Waals surface area contributed by atoms with Gasteiger partial charge in [0.05, 0.1) is 24.5 Å². The molecule has 4 nitrogen and oxygen atoms in total. The van der Waals surface area contributed by atoms with Crippen LogP contribution in [0, 0.1) is 0 Å². The minimum absolute atomic E-state index is 0.0926. The van der Waals surface area contributed by atoms with Crippen molar-refractivity contribution in [1.29, 1.82) is 0 Å². The van der Waals surface area contributed by atoms with Crippen LogP contribution in [0.1, 0.15) is 56.3 Å². The number of benzene rings is 1. The number of methoxy groups -OCH3 is 1. The predicted molar refractivity (Wildman–Crippen MR) is 81.0 cm³/mol. The average molecular weight is 279 g/mol. The van der Waals surface area contributed by atoms with Gasteiger partial charge in [0.1, 0.15) is 5.75 Å². The fourth-order valence-corrected chi connectivity index (χ4v) is 2.06. The Kier molecular flexibility index (Phi) is 6.91. The third-order valence-electron chi connectivity index (χ3n) is 3.28. The summed E-state index contributed by atoms with van der Waals surface area (Å²) in [5.74, 6) is 0.111. The summed E-state index contributed by atoms with van der Waals surface area (Å²) in [6.07, 6.45) is 5.48. The molecule has 0 bridgehead atoms. The van der Waals surface area contributed by atoms with Gasteiger partial charge in [0.15, 0.2) is 0 Å². The first-order valence-electron chi connectivity index (χ1n) is 7.23. The minimum atomic E-state index is -0.385. The molecule has 2 N–H and O–H groups in total. The van der Waals surface area contributed by atoms with E-state index in [4.69, 9.17) is 15.2 Å². The Balaban J connectivity index is 2.54. The molecule has 0 spiro atoms. The van der Waals surface area contributed by atoms with Crippen LogP contribution in [0.4, 0.5) is 5.69 Å². The average Bonchev–Trinajstić information content (AvgIpc) is 2.43. The number of para-hydroxylation sites is 1. The van der Waals surface area contributed by atoms with Crippen molar-refractivity contribution < 1.29 is 14.3 Å². The summed E-state index contributed by atoms with van der Waals surface area (Å²) >= 11 is 0. The van der Waals surface area contributed by atoms with E-state index in [-0.39, 0.29) is 12.1 Å². The van der Waals surface area contributed by atoms with Crippen LogP contribution in [0.5, 0.6) is 5.75 Å². The Hall–Kier alpha value is -1.71. The summed E-state index contributed by atoms with van der Waals surface area (Å²) < 4.78 is 10.5. The molecule has 0 saturated carbocycles. The molecule has 1 aromatic rings. The van der Waals surface area contributed by atoms with Crippen LogP contribution in [0.25, 0.3) is 0 Å². The molecule has 1 atom stereocenters. The second-order valence-corrected chi connectivity index (χ2v) is 4.99. The number of esters is 1. The van der Waals surface area contributed by atoms with Crippen molar-refractivity contribution >= 4 is 11.7 Å². The van der Waals surface area contributed by atoms with E-state index in [1.54, 1.807) is 18.2 Å². The highest BCUT2D eigenvalue weighted by Crippen LogP contribution is 2.25. The number of rotatable bonds is 8. The maximum atomic E-state index is 12.1. The molecule has 0 aliphatic heterocycles. The Morgan fingerprint density at radius 1 is 1.30 bits per heavy atom. The lowest BCUT2D eigenvalue weighted by Gasteiger charge is -2.15. The zero-order valence-electron chi connectivity index (χ0n) is 12.6. The second kappa shape index (κ2) is 8.46. The van der Waals surface area contributed by atoms with Crippen molar-refractivity contribution in [2.75, 3.05) is 12.8 Å². The van der Waals surface area contributed by atoms with Crippen LogP contribution >= 0.6 is 0 Å². The third-order valence-corrected chi connectivity index (χ3v) is 3.28. The third kappa shape index (κ3) is 4.76. The topological polar surface area (TPSA) is 61.5 Å². The molecule has 0 radical (unpaired) electrons. The van der Waals surface area contributed by atoms with Crippen molar-refractivity contribution in [1.82, 2.24) is 0 Å². The fourth-order valence-electron chi connectivity index (χ4n) is 2.06. The Morgan fingerprint density at radius 2 is 2.05 bits per heavy atom. The van der Waals surface area contributed by atoms with Crippen LogP contribution in [0.2, 0.25) is 0 Å². The van der Waals surface area contributed by atoms with Crippen molar-refractivity contribution in [2.24, 2.45) is 0 Å². The molecule has 0 amide bonds. The number of anilines is 1. The Morgan fingerprint density at radius 3 is 2.70 bits per heavy atom. The number of hydrogen-bond donors (Lipinski definition) is 1. The number of ether oxygens (including phenoxy) is 2. The van der Waals surface area contributed by atoms with Crippen molar-refractivity contribution in [3.8, 4) is 5.75 Å². The molecular weight excluding hydrogens is 254 g/mol. The van der Waals surface area contributed by atoms with Gasteiger partial charge in [-0.2, -0.15) is 0 Å². The monoisotopic (exact) mass is 279 g/mol. The van der Waals surface area contributed by atoms with Crippen LogP contribution in [-0.4, -0.2) is 19.2 Å². The van der Waals surface area contributed by atoms with Gasteiger partial charge in [-0.3, -0.25) is 0 Å². The molecule has 1 rings (SSSR count). The number of nitrogens with two attached hydrogens (primary N) is 1. The van der Waals surface area contributed by atoms with Crippen molar-refractivity contribution in [3.63, 3.8) is 0 Å². The van der Waals surface area contributed by atoms with Crippen LogP contribution in [0.15, 0.2) is 18.2 Å². The van der Waals surface area contributed by atoms with Crippen LogP contribution in [0.3, 0.4) is 0 Å². The first kappa shape index (κ1) is 16.3. The van der Waals surface area contributed by atoms with Crippen LogP contribution < -0.4 is 10.5 Å². The number of unbranched alkanes of at least 4 members (excludes halogenated alkanes) is 3. The lowest BCUT2D eigenvalue weighted by atomic mass is 10.1. The van der Waals surface area contributed by atoms with E-state index in [2.05, 4.69) is 6.92 Å². The highest BCUT2D eigenvalue weighted by molar-refractivity contribution is 5.96. The SMILES string of the molecule is CCCCCCC(C)OC(=O)c1cccc(OC)c1N. The second-order valence-electron chi connectivity index (χ2n) is 4.99. The van der Waals surface area contributed by atoms with Gasteiger partial charge in [-0.1, -0.05) is 32.3 Å². The Labute approximate surface area is 121 Å². The van der Waals surface area contributed by atoms with Crippen molar-refractivity contribution in [3.05, 3.63) is 23.8 Å². The summed E-state index contributed by atoms with van der Waals surface area (Å²) in [5.41, 5.74) is 6.58. The van der Waals surface area contributed by atoms with Gasteiger partial charge in [-0.25, -0.2) is 4.79 Å². The molecule has 20 heavy (non-hydrogen) atoms. The lowest BCUT2D eigenvalue weighted by molar-refractivity contribution is 0.0320. The summed E-state index contributed by atoms with van der Waals surface area (Å²) in [6.45, 7) is 4.09. The van der Waals surface area contributed by atoms with E-state index in [1.165, 1.54) is 26.4 Å². The number of hydrogen-bond acceptors (Lipinski definition) is 4. The minimum Gasteiger partial charge on any atom is -0.495 e. The Bertz CT molecular complexity index is 432. The largest absolute Gasteiger partial charge is 0.495 e. The highest BCUT2D eigenvalue weighted by Gasteiger charge is 2.16. The summed E-state index contributed by atoms with van der Waals surface area (Å²) in [5, 5.41) is 0. The normalized spacial score (nSPS) is 11.9. The van der Waals surface area contributed by atoms with E-state index in [0.717, 1.165) is 12.8 Å². The van der Waals surface area contributed by atoms with Gasteiger partial charge in [0.2, 0.25) is 0 Å². The van der Waals surface area contributed by atoms with Gasteiger partial charge in [0.25, 0.3) is 0 Å². The molecule has 0 saturated heterocycles. The van der Waals surface area contributed by atoms with Crippen LogP contribution in [-0.2, 0) is 4.74 Å². The first-order chi connectivity index (χ1) is 9.60. The van der Waals surface area contributed by atoms with Gasteiger partial charge in [-0.15, -0.1) is 0 Å². The molecular formula is C16H25NO3. The smallest absolute Gasteiger partial charge is 0.340 e. The predicted octanol–water partition coefficient (Wildman–Crippen LogP) is 3.79. The van der Waals surface area contributed by atoms with Gasteiger partial charge in [0, 0.05) is 0 Å².